The summed E-state index contributed by atoms with van der Waals surface area (Å²) in [4.78, 5) is 17.4. The number of hydrogen-bond acceptors (Lipinski definition) is 7. The molecule has 0 unspecified atom stereocenters. The number of carbonyl (C=O) groups is 1. The van der Waals surface area contributed by atoms with E-state index >= 15 is 0 Å². The first-order chi connectivity index (χ1) is 8.72. The molecule has 0 radical (unpaired) electrons. The van der Waals surface area contributed by atoms with Gasteiger partial charge in [0, 0.05) is 25.6 Å². The van der Waals surface area contributed by atoms with E-state index in [-0.39, 0.29) is 5.69 Å². The standard InChI is InChI=1S/C11H15N3O3S/c1-16-7-6-14(5-3-4-12)11-13-9(8-18-11)10(15)17-2/h8H,3,5-7H2,1-2H3. The van der Waals surface area contributed by atoms with E-state index in [0.717, 1.165) is 0 Å². The maximum atomic E-state index is 11.3. The highest BCUT2D eigenvalue weighted by Crippen LogP contribution is 2.21. The van der Waals surface area contributed by atoms with Crippen LogP contribution < -0.4 is 4.90 Å². The van der Waals surface area contributed by atoms with Crippen LogP contribution in [-0.4, -0.2) is 44.9 Å². The zero-order chi connectivity index (χ0) is 13.4. The summed E-state index contributed by atoms with van der Waals surface area (Å²) in [6, 6.07) is 2.09. The number of rotatable bonds is 7. The number of methoxy groups -OCH3 is 2. The Morgan fingerprint density at radius 3 is 2.94 bits per heavy atom. The lowest BCUT2D eigenvalue weighted by Gasteiger charge is -2.19. The van der Waals surface area contributed by atoms with Crippen molar-refractivity contribution in [2.45, 2.75) is 6.42 Å². The van der Waals surface area contributed by atoms with E-state index in [1.165, 1.54) is 18.4 Å². The SMILES string of the molecule is COCCN(CCC#N)c1nc(C(=O)OC)cs1. The van der Waals surface area contributed by atoms with Crippen molar-refractivity contribution in [1.29, 1.82) is 5.26 Å². The molecule has 18 heavy (non-hydrogen) atoms. The molecule has 0 N–H and O–H groups in total. The summed E-state index contributed by atoms with van der Waals surface area (Å²) >= 11 is 1.35. The molecule has 0 aliphatic rings. The molecule has 98 valence electrons. The first kappa shape index (κ1) is 14.4. The van der Waals surface area contributed by atoms with Crippen LogP contribution >= 0.6 is 11.3 Å². The minimum Gasteiger partial charge on any atom is -0.464 e. The molecule has 1 aromatic rings. The quantitative estimate of drug-likeness (QED) is 0.694. The van der Waals surface area contributed by atoms with Crippen LogP contribution in [-0.2, 0) is 9.47 Å². The average molecular weight is 269 g/mol. The number of hydrogen-bond donors (Lipinski definition) is 0. The Kier molecular flexibility index (Phi) is 6.11. The Morgan fingerprint density at radius 2 is 2.33 bits per heavy atom. The van der Waals surface area contributed by atoms with Gasteiger partial charge >= 0.3 is 5.97 Å². The van der Waals surface area contributed by atoms with Crippen LogP contribution in [0.4, 0.5) is 5.13 Å². The van der Waals surface area contributed by atoms with E-state index in [2.05, 4.69) is 15.8 Å². The molecule has 0 saturated carbocycles. The molecule has 0 aliphatic heterocycles. The first-order valence-electron chi connectivity index (χ1n) is 5.37. The van der Waals surface area contributed by atoms with E-state index in [1.807, 2.05) is 4.90 Å². The van der Waals surface area contributed by atoms with E-state index < -0.39 is 5.97 Å². The Labute approximate surface area is 110 Å². The molecule has 0 spiro atoms. The molecule has 0 saturated heterocycles. The number of aromatic nitrogens is 1. The van der Waals surface area contributed by atoms with Gasteiger partial charge in [0.05, 0.1) is 26.2 Å². The van der Waals surface area contributed by atoms with E-state index in [9.17, 15) is 4.79 Å². The van der Waals surface area contributed by atoms with Crippen LogP contribution in [0.1, 0.15) is 16.9 Å². The van der Waals surface area contributed by atoms with Gasteiger partial charge in [-0.15, -0.1) is 11.3 Å². The third-order valence-corrected chi connectivity index (χ3v) is 3.12. The number of carbonyl (C=O) groups excluding carboxylic acids is 1. The second-order valence-electron chi connectivity index (χ2n) is 3.39. The third kappa shape index (κ3) is 3.98. The fourth-order valence-corrected chi connectivity index (χ4v) is 2.15. The van der Waals surface area contributed by atoms with Gasteiger partial charge in [-0.25, -0.2) is 9.78 Å². The minimum absolute atomic E-state index is 0.289. The summed E-state index contributed by atoms with van der Waals surface area (Å²) < 4.78 is 9.61. The molecular formula is C11H15N3O3S. The van der Waals surface area contributed by atoms with Crippen LogP contribution in [0.2, 0.25) is 0 Å². The topological polar surface area (TPSA) is 75.5 Å². The summed E-state index contributed by atoms with van der Waals surface area (Å²) in [5.41, 5.74) is 0.289. The van der Waals surface area contributed by atoms with Crippen molar-refractivity contribution in [3.8, 4) is 6.07 Å². The molecule has 1 rings (SSSR count). The summed E-state index contributed by atoms with van der Waals surface area (Å²) in [7, 11) is 2.93. The second kappa shape index (κ2) is 7.63. The zero-order valence-electron chi connectivity index (χ0n) is 10.4. The van der Waals surface area contributed by atoms with Crippen LogP contribution in [0.15, 0.2) is 5.38 Å². The van der Waals surface area contributed by atoms with Gasteiger partial charge in [-0.3, -0.25) is 0 Å². The Bertz CT molecular complexity index is 427. The van der Waals surface area contributed by atoms with E-state index in [0.29, 0.717) is 31.2 Å². The van der Waals surface area contributed by atoms with Crippen molar-refractivity contribution < 1.29 is 14.3 Å². The fourth-order valence-electron chi connectivity index (χ4n) is 1.30. The molecular weight excluding hydrogens is 254 g/mol. The zero-order valence-corrected chi connectivity index (χ0v) is 11.2. The van der Waals surface area contributed by atoms with E-state index in [4.69, 9.17) is 10.00 Å². The maximum Gasteiger partial charge on any atom is 0.357 e. The van der Waals surface area contributed by atoms with Crippen molar-refractivity contribution in [3.63, 3.8) is 0 Å². The molecule has 6 nitrogen and oxygen atoms in total. The molecule has 0 aliphatic carbocycles. The summed E-state index contributed by atoms with van der Waals surface area (Å²) in [6.45, 7) is 1.73. The molecule has 0 bridgehead atoms. The lowest BCUT2D eigenvalue weighted by Crippen LogP contribution is -2.28. The number of thiazole rings is 1. The smallest absolute Gasteiger partial charge is 0.357 e. The van der Waals surface area contributed by atoms with Crippen LogP contribution in [0, 0.1) is 11.3 Å². The molecule has 0 amide bonds. The average Bonchev–Trinajstić information content (AvgIpc) is 2.87. The van der Waals surface area contributed by atoms with Crippen LogP contribution in [0.25, 0.3) is 0 Å². The van der Waals surface area contributed by atoms with Gasteiger partial charge in [0.25, 0.3) is 0 Å². The number of esters is 1. The number of ether oxygens (including phenoxy) is 2. The highest BCUT2D eigenvalue weighted by molar-refractivity contribution is 7.13. The van der Waals surface area contributed by atoms with Crippen LogP contribution in [0.5, 0.6) is 0 Å². The van der Waals surface area contributed by atoms with Gasteiger partial charge in [-0.2, -0.15) is 5.26 Å². The molecule has 0 atom stereocenters. The highest BCUT2D eigenvalue weighted by Gasteiger charge is 2.15. The fraction of sp³-hybridized carbons (Fsp3) is 0.545. The monoisotopic (exact) mass is 269 g/mol. The third-order valence-electron chi connectivity index (χ3n) is 2.22. The van der Waals surface area contributed by atoms with Crippen molar-refractivity contribution in [1.82, 2.24) is 4.98 Å². The number of nitrogens with zero attached hydrogens (tertiary/aromatic N) is 3. The van der Waals surface area contributed by atoms with Crippen molar-refractivity contribution >= 4 is 22.4 Å². The second-order valence-corrected chi connectivity index (χ2v) is 4.23. The van der Waals surface area contributed by atoms with Gasteiger partial charge < -0.3 is 14.4 Å². The van der Waals surface area contributed by atoms with Crippen molar-refractivity contribution in [2.75, 3.05) is 38.8 Å². The predicted molar refractivity (Wildman–Crippen MR) is 67.8 cm³/mol. The van der Waals surface area contributed by atoms with Gasteiger partial charge in [-0.1, -0.05) is 0 Å². The predicted octanol–water partition coefficient (Wildman–Crippen LogP) is 1.30. The highest BCUT2D eigenvalue weighted by atomic mass is 32.1. The van der Waals surface area contributed by atoms with Crippen LogP contribution in [0.3, 0.4) is 0 Å². The number of anilines is 1. The van der Waals surface area contributed by atoms with Crippen molar-refractivity contribution in [2.24, 2.45) is 0 Å². The Hall–Kier alpha value is -1.65. The van der Waals surface area contributed by atoms with Gasteiger partial charge in [0.2, 0.25) is 0 Å². The Balaban J connectivity index is 2.74. The lowest BCUT2D eigenvalue weighted by atomic mass is 10.4. The van der Waals surface area contributed by atoms with E-state index in [1.54, 1.807) is 12.5 Å². The molecule has 0 fully saturated rings. The largest absolute Gasteiger partial charge is 0.464 e. The Morgan fingerprint density at radius 1 is 1.56 bits per heavy atom. The summed E-state index contributed by atoms with van der Waals surface area (Å²) in [6.07, 6.45) is 0.400. The van der Waals surface area contributed by atoms with Gasteiger partial charge in [-0.05, 0) is 0 Å². The normalized spacial score (nSPS) is 9.83. The first-order valence-corrected chi connectivity index (χ1v) is 6.25. The lowest BCUT2D eigenvalue weighted by molar-refractivity contribution is 0.0595. The number of nitriles is 1. The molecule has 0 aromatic carbocycles. The molecule has 7 heteroatoms. The molecule has 1 aromatic heterocycles. The van der Waals surface area contributed by atoms with Gasteiger partial charge in [0.15, 0.2) is 10.8 Å². The summed E-state index contributed by atoms with van der Waals surface area (Å²) in [5, 5.41) is 11.0. The van der Waals surface area contributed by atoms with Crippen molar-refractivity contribution in [3.05, 3.63) is 11.1 Å². The maximum absolute atomic E-state index is 11.3. The minimum atomic E-state index is -0.454. The summed E-state index contributed by atoms with van der Waals surface area (Å²) in [5.74, 6) is -0.454. The van der Waals surface area contributed by atoms with Gasteiger partial charge in [0.1, 0.15) is 0 Å². The molecule has 1 heterocycles.